The number of hydrogen-bond donors (Lipinski definition) is 1. The van der Waals surface area contributed by atoms with E-state index >= 15 is 0 Å². The van der Waals surface area contributed by atoms with Gasteiger partial charge in [-0.25, -0.2) is 0 Å². The highest BCUT2D eigenvalue weighted by molar-refractivity contribution is 6.32. The van der Waals surface area contributed by atoms with Crippen LogP contribution in [0.15, 0.2) is 30.0 Å². The lowest BCUT2D eigenvalue weighted by Crippen LogP contribution is -2.23. The van der Waals surface area contributed by atoms with Crippen LogP contribution < -0.4 is 5.32 Å². The Balaban J connectivity index is 2.35. The second-order valence-electron chi connectivity index (χ2n) is 4.21. The predicted octanol–water partition coefficient (Wildman–Crippen LogP) is 3.60. The molecule has 0 fully saturated rings. The van der Waals surface area contributed by atoms with E-state index in [1.54, 1.807) is 0 Å². The van der Waals surface area contributed by atoms with E-state index < -0.39 is 0 Å². The van der Waals surface area contributed by atoms with E-state index in [9.17, 15) is 0 Å². The molecule has 0 saturated heterocycles. The van der Waals surface area contributed by atoms with Crippen LogP contribution in [0.3, 0.4) is 0 Å². The molecule has 0 amide bonds. The zero-order chi connectivity index (χ0) is 12.3. The van der Waals surface area contributed by atoms with E-state index in [1.165, 1.54) is 0 Å². The molecule has 1 aliphatic heterocycles. The van der Waals surface area contributed by atoms with Gasteiger partial charge in [0.1, 0.15) is 5.76 Å². The Morgan fingerprint density at radius 3 is 2.94 bits per heavy atom. The molecule has 2 rings (SSSR count). The summed E-state index contributed by atoms with van der Waals surface area (Å²) in [6.45, 7) is 5.78. The van der Waals surface area contributed by atoms with Gasteiger partial charge in [-0.15, -0.1) is 0 Å². The first-order chi connectivity index (χ1) is 8.24. The minimum atomic E-state index is 0.0786. The maximum atomic E-state index is 6.38. The van der Waals surface area contributed by atoms with Crippen LogP contribution in [0.1, 0.15) is 30.5 Å². The summed E-state index contributed by atoms with van der Waals surface area (Å²) < 4.78 is 5.66. The molecule has 1 N–H and O–H groups in total. The third-order valence-electron chi connectivity index (χ3n) is 2.96. The third-order valence-corrected chi connectivity index (χ3v) is 3.47. The van der Waals surface area contributed by atoms with Gasteiger partial charge in [-0.1, -0.05) is 36.7 Å². The van der Waals surface area contributed by atoms with E-state index in [1.807, 2.05) is 19.1 Å². The number of likely N-dealkylation sites (N-methyl/N-ethyl adjacent to an activating group) is 1. The lowest BCUT2D eigenvalue weighted by molar-refractivity contribution is 0.216. The Labute approximate surface area is 108 Å². The Hall–Kier alpha value is -0.990. The molecule has 3 heteroatoms. The molecular formula is C14H18ClNO. The lowest BCUT2D eigenvalue weighted by Gasteiger charge is -2.21. The fourth-order valence-electron chi connectivity index (χ4n) is 2.10. The molecular weight excluding hydrogens is 234 g/mol. The number of nitrogens with one attached hydrogen (secondary N) is 1. The zero-order valence-corrected chi connectivity index (χ0v) is 11.1. The molecule has 0 saturated carbocycles. The van der Waals surface area contributed by atoms with Crippen molar-refractivity contribution in [1.82, 2.24) is 5.32 Å². The van der Waals surface area contributed by atoms with Crippen molar-refractivity contribution in [3.8, 4) is 0 Å². The Bertz CT molecular complexity index is 428. The van der Waals surface area contributed by atoms with Crippen molar-refractivity contribution in [3.05, 3.63) is 46.2 Å². The van der Waals surface area contributed by atoms with Crippen molar-refractivity contribution >= 4 is 11.6 Å². The van der Waals surface area contributed by atoms with Crippen molar-refractivity contribution < 1.29 is 4.74 Å². The summed E-state index contributed by atoms with van der Waals surface area (Å²) in [7, 11) is 0. The van der Waals surface area contributed by atoms with Gasteiger partial charge >= 0.3 is 0 Å². The second-order valence-corrected chi connectivity index (χ2v) is 4.59. The first kappa shape index (κ1) is 12.5. The van der Waals surface area contributed by atoms with Gasteiger partial charge in [-0.05, 0) is 30.7 Å². The van der Waals surface area contributed by atoms with Crippen molar-refractivity contribution in [3.63, 3.8) is 0 Å². The highest BCUT2D eigenvalue weighted by Crippen LogP contribution is 2.32. The molecule has 1 aromatic rings. The molecule has 1 atom stereocenters. The first-order valence-corrected chi connectivity index (χ1v) is 6.43. The van der Waals surface area contributed by atoms with Gasteiger partial charge in [-0.3, -0.25) is 0 Å². The van der Waals surface area contributed by atoms with Crippen LogP contribution in [0.4, 0.5) is 0 Å². The summed E-state index contributed by atoms with van der Waals surface area (Å²) in [5, 5.41) is 4.26. The summed E-state index contributed by atoms with van der Waals surface area (Å²) in [5.41, 5.74) is 2.20. The molecule has 1 heterocycles. The lowest BCUT2D eigenvalue weighted by atomic mass is 10.0. The maximum Gasteiger partial charge on any atom is 0.114 e. The van der Waals surface area contributed by atoms with Gasteiger partial charge < -0.3 is 10.1 Å². The van der Waals surface area contributed by atoms with Crippen LogP contribution in [-0.2, 0) is 4.74 Å². The normalized spacial score (nSPS) is 16.5. The molecule has 0 spiro atoms. The van der Waals surface area contributed by atoms with E-state index in [0.29, 0.717) is 0 Å². The number of halogens is 1. The molecule has 0 aliphatic carbocycles. The highest BCUT2D eigenvalue weighted by Gasteiger charge is 2.22. The summed E-state index contributed by atoms with van der Waals surface area (Å²) in [4.78, 5) is 0. The van der Waals surface area contributed by atoms with E-state index in [0.717, 1.165) is 41.5 Å². The molecule has 0 bridgehead atoms. The van der Waals surface area contributed by atoms with E-state index in [-0.39, 0.29) is 6.04 Å². The van der Waals surface area contributed by atoms with Crippen molar-refractivity contribution in [2.24, 2.45) is 0 Å². The standard InChI is InChI=1S/C14H18ClNO/c1-3-16-14(12-8-5-9-17-12)11-7-4-6-10(2)13(11)15/h4,6-8,14,16H,3,5,9H2,1-2H3. The zero-order valence-electron chi connectivity index (χ0n) is 10.3. The van der Waals surface area contributed by atoms with Gasteiger partial charge in [0.15, 0.2) is 0 Å². The van der Waals surface area contributed by atoms with Crippen LogP contribution >= 0.6 is 11.6 Å². The molecule has 0 aromatic heterocycles. The van der Waals surface area contributed by atoms with Crippen LogP contribution in [-0.4, -0.2) is 13.2 Å². The van der Waals surface area contributed by atoms with Crippen LogP contribution in [0.5, 0.6) is 0 Å². The third kappa shape index (κ3) is 2.64. The molecule has 1 unspecified atom stereocenters. The van der Waals surface area contributed by atoms with Gasteiger partial charge in [-0.2, -0.15) is 0 Å². The average Bonchev–Trinajstić information content (AvgIpc) is 2.84. The van der Waals surface area contributed by atoms with Crippen LogP contribution in [0.2, 0.25) is 5.02 Å². The molecule has 2 nitrogen and oxygen atoms in total. The van der Waals surface area contributed by atoms with Gasteiger partial charge in [0, 0.05) is 11.4 Å². The minimum absolute atomic E-state index is 0.0786. The summed E-state index contributed by atoms with van der Waals surface area (Å²) in [5.74, 6) is 0.999. The number of benzene rings is 1. The Morgan fingerprint density at radius 2 is 2.29 bits per heavy atom. The summed E-state index contributed by atoms with van der Waals surface area (Å²) in [6.07, 6.45) is 3.13. The smallest absolute Gasteiger partial charge is 0.114 e. The van der Waals surface area contributed by atoms with E-state index in [4.69, 9.17) is 16.3 Å². The molecule has 1 aromatic carbocycles. The number of ether oxygens (including phenoxy) is 1. The number of rotatable bonds is 4. The van der Waals surface area contributed by atoms with Gasteiger partial charge in [0.05, 0.1) is 12.6 Å². The average molecular weight is 252 g/mol. The summed E-state index contributed by atoms with van der Waals surface area (Å²) in [6, 6.07) is 6.20. The summed E-state index contributed by atoms with van der Waals surface area (Å²) >= 11 is 6.38. The van der Waals surface area contributed by atoms with E-state index in [2.05, 4.69) is 24.4 Å². The fourth-order valence-corrected chi connectivity index (χ4v) is 2.33. The number of aryl methyl sites for hydroxylation is 1. The topological polar surface area (TPSA) is 21.3 Å². The van der Waals surface area contributed by atoms with Crippen molar-refractivity contribution in [2.45, 2.75) is 26.3 Å². The van der Waals surface area contributed by atoms with Gasteiger partial charge in [0.25, 0.3) is 0 Å². The minimum Gasteiger partial charge on any atom is -0.496 e. The predicted molar refractivity (Wildman–Crippen MR) is 71.3 cm³/mol. The largest absolute Gasteiger partial charge is 0.496 e. The molecule has 0 radical (unpaired) electrons. The monoisotopic (exact) mass is 251 g/mol. The van der Waals surface area contributed by atoms with Crippen LogP contribution in [0, 0.1) is 6.92 Å². The quantitative estimate of drug-likeness (QED) is 0.883. The Kier molecular flexibility index (Phi) is 4.08. The second kappa shape index (κ2) is 5.56. The fraction of sp³-hybridized carbons (Fsp3) is 0.429. The van der Waals surface area contributed by atoms with Crippen molar-refractivity contribution in [1.29, 1.82) is 0 Å². The SMILES string of the molecule is CCNC(C1=CCCO1)c1cccc(C)c1Cl. The number of hydrogen-bond acceptors (Lipinski definition) is 2. The molecule has 92 valence electrons. The first-order valence-electron chi connectivity index (χ1n) is 6.05. The Morgan fingerprint density at radius 1 is 1.47 bits per heavy atom. The van der Waals surface area contributed by atoms with Crippen molar-refractivity contribution in [2.75, 3.05) is 13.2 Å². The van der Waals surface area contributed by atoms with Crippen LogP contribution in [0.25, 0.3) is 0 Å². The highest BCUT2D eigenvalue weighted by atomic mass is 35.5. The molecule has 1 aliphatic rings. The van der Waals surface area contributed by atoms with Gasteiger partial charge in [0.2, 0.25) is 0 Å². The molecule has 17 heavy (non-hydrogen) atoms. The maximum absolute atomic E-state index is 6.38.